The van der Waals surface area contributed by atoms with Crippen LogP contribution in [0.25, 0.3) is 0 Å². The lowest BCUT2D eigenvalue weighted by molar-refractivity contribution is -0.387. The number of aromatic nitrogens is 1. The van der Waals surface area contributed by atoms with Gasteiger partial charge in [0.15, 0.2) is 4.90 Å². The number of rotatable bonds is 6. The van der Waals surface area contributed by atoms with Crippen molar-refractivity contribution in [1.29, 1.82) is 0 Å². The third kappa shape index (κ3) is 4.23. The first kappa shape index (κ1) is 23.4. The van der Waals surface area contributed by atoms with Crippen LogP contribution in [0.5, 0.6) is 0 Å². The Balaban J connectivity index is 1.77. The summed E-state index contributed by atoms with van der Waals surface area (Å²) in [6, 6.07) is 5.17. The lowest BCUT2D eigenvalue weighted by atomic mass is 10.1. The van der Waals surface area contributed by atoms with Crippen LogP contribution in [0.15, 0.2) is 29.2 Å². The Morgan fingerprint density at radius 2 is 1.78 bits per heavy atom. The molecule has 1 fully saturated rings. The van der Waals surface area contributed by atoms with Gasteiger partial charge in [-0.2, -0.15) is 4.31 Å². The number of ether oxygens (including phenoxy) is 1. The number of nitro benzene ring substituents is 1. The van der Waals surface area contributed by atoms with Crippen LogP contribution in [0, 0.1) is 24.0 Å². The smallest absolute Gasteiger partial charge is 0.340 e. The van der Waals surface area contributed by atoms with Gasteiger partial charge in [0.2, 0.25) is 10.0 Å². The molecule has 1 saturated heterocycles. The number of piperazine rings is 1. The zero-order valence-electron chi connectivity index (χ0n) is 18.0. The highest BCUT2D eigenvalue weighted by molar-refractivity contribution is 7.89. The number of esters is 1. The van der Waals surface area contributed by atoms with Gasteiger partial charge in [-0.3, -0.25) is 14.9 Å². The number of carbonyl (C=O) groups is 2. The summed E-state index contributed by atoms with van der Waals surface area (Å²) < 4.78 is 32.1. The standard InChI is InChI=1S/C20H24N4O7S/c1-4-31-20(26)17-13(2)18(21-14(17)3)19(25)22-9-11-23(12-10-22)32(29,30)16-8-6-5-7-15(16)24(27)28/h5-8,21H,4,9-12H2,1-3H3. The van der Waals surface area contributed by atoms with E-state index in [4.69, 9.17) is 4.74 Å². The second-order valence-corrected chi connectivity index (χ2v) is 9.17. The molecule has 11 nitrogen and oxygen atoms in total. The molecule has 0 atom stereocenters. The Bertz CT molecular complexity index is 1160. The van der Waals surface area contributed by atoms with Crippen LogP contribution in [-0.2, 0) is 14.8 Å². The van der Waals surface area contributed by atoms with Gasteiger partial charge < -0.3 is 14.6 Å². The lowest BCUT2D eigenvalue weighted by Crippen LogP contribution is -2.50. The summed E-state index contributed by atoms with van der Waals surface area (Å²) in [6.45, 7) is 5.41. The quantitative estimate of drug-likeness (QED) is 0.390. The van der Waals surface area contributed by atoms with E-state index in [2.05, 4.69) is 4.98 Å². The van der Waals surface area contributed by atoms with Crippen LogP contribution in [-0.4, -0.2) is 72.2 Å². The van der Waals surface area contributed by atoms with E-state index in [1.165, 1.54) is 23.1 Å². The largest absolute Gasteiger partial charge is 0.462 e. The summed E-state index contributed by atoms with van der Waals surface area (Å²) >= 11 is 0. The van der Waals surface area contributed by atoms with Crippen molar-refractivity contribution in [3.8, 4) is 0 Å². The van der Waals surface area contributed by atoms with Gasteiger partial charge in [-0.05, 0) is 32.4 Å². The number of nitrogens with one attached hydrogen (secondary N) is 1. The van der Waals surface area contributed by atoms with Crippen LogP contribution in [0.4, 0.5) is 5.69 Å². The number of H-pyrrole nitrogens is 1. The zero-order chi connectivity index (χ0) is 23.6. The van der Waals surface area contributed by atoms with Crippen molar-refractivity contribution in [3.63, 3.8) is 0 Å². The Morgan fingerprint density at radius 1 is 1.16 bits per heavy atom. The predicted octanol–water partition coefficient (Wildman–Crippen LogP) is 1.86. The van der Waals surface area contributed by atoms with E-state index in [1.807, 2.05) is 0 Å². The summed E-state index contributed by atoms with van der Waals surface area (Å²) in [6.07, 6.45) is 0. The van der Waals surface area contributed by atoms with E-state index in [0.29, 0.717) is 16.8 Å². The molecule has 172 valence electrons. The highest BCUT2D eigenvalue weighted by atomic mass is 32.2. The first-order chi connectivity index (χ1) is 15.1. The molecule has 2 aromatic rings. The van der Waals surface area contributed by atoms with Crippen molar-refractivity contribution in [2.45, 2.75) is 25.7 Å². The highest BCUT2D eigenvalue weighted by Crippen LogP contribution is 2.27. The van der Waals surface area contributed by atoms with E-state index in [9.17, 15) is 28.1 Å². The van der Waals surface area contributed by atoms with Crippen molar-refractivity contribution in [1.82, 2.24) is 14.2 Å². The molecule has 1 aromatic heterocycles. The normalized spacial score (nSPS) is 14.9. The topological polar surface area (TPSA) is 143 Å². The molecule has 1 amide bonds. The van der Waals surface area contributed by atoms with Gasteiger partial charge in [-0.25, -0.2) is 13.2 Å². The first-order valence-electron chi connectivity index (χ1n) is 9.98. The molecule has 3 rings (SSSR count). The summed E-state index contributed by atoms with van der Waals surface area (Å²) in [7, 11) is -4.10. The van der Waals surface area contributed by atoms with Gasteiger partial charge in [0.05, 0.1) is 17.1 Å². The van der Waals surface area contributed by atoms with Crippen molar-refractivity contribution < 1.29 is 27.7 Å². The van der Waals surface area contributed by atoms with Crippen LogP contribution in [0.1, 0.15) is 39.0 Å². The highest BCUT2D eigenvalue weighted by Gasteiger charge is 2.35. The number of para-hydroxylation sites is 1. The molecule has 12 heteroatoms. The molecule has 0 radical (unpaired) electrons. The minimum atomic E-state index is -4.10. The number of carbonyl (C=O) groups excluding carboxylic acids is 2. The predicted molar refractivity (Wildman–Crippen MR) is 114 cm³/mol. The van der Waals surface area contributed by atoms with Crippen LogP contribution in [0.2, 0.25) is 0 Å². The van der Waals surface area contributed by atoms with Crippen molar-refractivity contribution in [2.75, 3.05) is 32.8 Å². The molecule has 32 heavy (non-hydrogen) atoms. The number of sulfonamides is 1. The van der Waals surface area contributed by atoms with E-state index >= 15 is 0 Å². The van der Waals surface area contributed by atoms with Gasteiger partial charge in [-0.15, -0.1) is 0 Å². The van der Waals surface area contributed by atoms with Crippen LogP contribution in [0.3, 0.4) is 0 Å². The van der Waals surface area contributed by atoms with Crippen LogP contribution >= 0.6 is 0 Å². The lowest BCUT2D eigenvalue weighted by Gasteiger charge is -2.33. The minimum absolute atomic E-state index is 0.0103. The third-order valence-electron chi connectivity index (χ3n) is 5.34. The summed E-state index contributed by atoms with van der Waals surface area (Å²) in [4.78, 5) is 39.7. The zero-order valence-corrected chi connectivity index (χ0v) is 18.8. The van der Waals surface area contributed by atoms with Crippen molar-refractivity contribution >= 4 is 27.6 Å². The monoisotopic (exact) mass is 464 g/mol. The average molecular weight is 465 g/mol. The summed E-state index contributed by atoms with van der Waals surface area (Å²) in [5.74, 6) is -0.873. The maximum atomic E-state index is 13.0. The van der Waals surface area contributed by atoms with E-state index < -0.39 is 26.6 Å². The molecule has 2 heterocycles. The molecule has 1 aromatic carbocycles. The number of hydrogen-bond donors (Lipinski definition) is 1. The Kier molecular flexibility index (Phi) is 6.65. The van der Waals surface area contributed by atoms with Gasteiger partial charge in [0, 0.05) is 37.9 Å². The number of nitro groups is 1. The molecule has 0 unspecified atom stereocenters. The third-order valence-corrected chi connectivity index (χ3v) is 7.28. The molecular formula is C20H24N4O7S. The Hall–Kier alpha value is -3.25. The van der Waals surface area contributed by atoms with E-state index in [0.717, 1.165) is 10.4 Å². The molecule has 1 aliphatic heterocycles. The SMILES string of the molecule is CCOC(=O)c1c(C)[nH]c(C(=O)N2CCN(S(=O)(=O)c3ccccc3[N+](=O)[O-])CC2)c1C. The van der Waals surface area contributed by atoms with Crippen molar-refractivity contribution in [3.05, 3.63) is 56.9 Å². The van der Waals surface area contributed by atoms with Gasteiger partial charge in [-0.1, -0.05) is 12.1 Å². The summed E-state index contributed by atoms with van der Waals surface area (Å²) in [5.41, 5.74) is 1.06. The fraction of sp³-hybridized carbons (Fsp3) is 0.400. The average Bonchev–Trinajstić information content (AvgIpc) is 3.07. The molecular weight excluding hydrogens is 440 g/mol. The van der Waals surface area contributed by atoms with Gasteiger partial charge in [0.1, 0.15) is 5.69 Å². The van der Waals surface area contributed by atoms with E-state index in [1.54, 1.807) is 20.8 Å². The molecule has 0 bridgehead atoms. The second-order valence-electron chi connectivity index (χ2n) is 7.27. The van der Waals surface area contributed by atoms with Crippen molar-refractivity contribution in [2.24, 2.45) is 0 Å². The fourth-order valence-electron chi connectivity index (χ4n) is 3.73. The van der Waals surface area contributed by atoms with Gasteiger partial charge in [0.25, 0.3) is 11.6 Å². The maximum Gasteiger partial charge on any atom is 0.340 e. The molecule has 0 spiro atoms. The molecule has 1 aliphatic rings. The number of amides is 1. The van der Waals surface area contributed by atoms with E-state index in [-0.39, 0.29) is 49.3 Å². The fourth-order valence-corrected chi connectivity index (χ4v) is 5.31. The number of aryl methyl sites for hydroxylation is 1. The summed E-state index contributed by atoms with van der Waals surface area (Å²) in [5, 5.41) is 11.2. The van der Waals surface area contributed by atoms with Crippen LogP contribution < -0.4 is 0 Å². The first-order valence-corrected chi connectivity index (χ1v) is 11.4. The Morgan fingerprint density at radius 3 is 2.38 bits per heavy atom. The molecule has 1 N–H and O–H groups in total. The minimum Gasteiger partial charge on any atom is -0.462 e. The second kappa shape index (κ2) is 9.09. The maximum absolute atomic E-state index is 13.0. The van der Waals surface area contributed by atoms with Gasteiger partial charge >= 0.3 is 5.97 Å². The molecule has 0 saturated carbocycles. The number of nitrogens with zero attached hydrogens (tertiary/aromatic N) is 3. The number of benzene rings is 1. The Labute approximate surface area is 185 Å². The molecule has 0 aliphatic carbocycles. The number of hydrogen-bond acceptors (Lipinski definition) is 7. The number of aromatic amines is 1.